The molecule has 3 nitrogen and oxygen atoms in total. The molecule has 122 valence electrons. The van der Waals surface area contributed by atoms with Gasteiger partial charge >= 0.3 is 0 Å². The molecule has 0 bridgehead atoms. The lowest BCUT2D eigenvalue weighted by atomic mass is 10.0. The number of rotatable bonds is 3. The van der Waals surface area contributed by atoms with Gasteiger partial charge in [0.2, 0.25) is 0 Å². The fourth-order valence-electron chi connectivity index (χ4n) is 2.36. The number of hydrazone groups is 1. The number of nitrogens with one attached hydrogen (secondary N) is 1. The van der Waals surface area contributed by atoms with Gasteiger partial charge in [-0.3, -0.25) is 5.43 Å². The molecule has 2 aromatic rings. The average Bonchev–Trinajstić information content (AvgIpc) is 2.58. The monoisotopic (exact) mass is 377 g/mol. The third kappa shape index (κ3) is 3.61. The van der Waals surface area contributed by atoms with Gasteiger partial charge in [-0.05, 0) is 30.4 Å². The molecular formula is C17H13ClFN3S2. The average molecular weight is 378 g/mol. The van der Waals surface area contributed by atoms with E-state index in [4.69, 9.17) is 29.6 Å². The molecule has 0 aromatic heterocycles. The predicted octanol–water partition coefficient (Wildman–Crippen LogP) is 4.12. The SMILES string of the molecule is NC(=S)NN=C(C1=C(Cl)c2cc(F)ccc2SC1)c1ccccc1. The van der Waals surface area contributed by atoms with Gasteiger partial charge in [0.05, 0.1) is 10.7 Å². The number of nitrogens with two attached hydrogens (primary N) is 1. The zero-order chi connectivity index (χ0) is 17.1. The summed E-state index contributed by atoms with van der Waals surface area (Å²) >= 11 is 13.0. The van der Waals surface area contributed by atoms with Gasteiger partial charge in [-0.1, -0.05) is 41.9 Å². The fraction of sp³-hybridized carbons (Fsp3) is 0.0588. The van der Waals surface area contributed by atoms with Crippen molar-refractivity contribution in [3.8, 4) is 0 Å². The topological polar surface area (TPSA) is 50.4 Å². The van der Waals surface area contributed by atoms with E-state index in [0.29, 0.717) is 22.1 Å². The second-order valence-electron chi connectivity index (χ2n) is 5.02. The van der Waals surface area contributed by atoms with Gasteiger partial charge in [0.25, 0.3) is 0 Å². The van der Waals surface area contributed by atoms with Crippen LogP contribution in [0, 0.1) is 5.82 Å². The molecule has 0 spiro atoms. The molecule has 0 aliphatic carbocycles. The maximum atomic E-state index is 13.6. The summed E-state index contributed by atoms with van der Waals surface area (Å²) in [5.41, 5.74) is 11.1. The van der Waals surface area contributed by atoms with Crippen molar-refractivity contribution in [2.75, 3.05) is 5.75 Å². The van der Waals surface area contributed by atoms with Crippen molar-refractivity contribution in [3.05, 3.63) is 71.0 Å². The third-order valence-corrected chi connectivity index (χ3v) is 5.05. The van der Waals surface area contributed by atoms with Gasteiger partial charge in [0.1, 0.15) is 5.82 Å². The predicted molar refractivity (Wildman–Crippen MR) is 103 cm³/mol. The Balaban J connectivity index is 2.12. The maximum Gasteiger partial charge on any atom is 0.184 e. The molecule has 0 saturated heterocycles. The van der Waals surface area contributed by atoms with E-state index in [2.05, 4.69) is 10.5 Å². The first-order chi connectivity index (χ1) is 11.6. The van der Waals surface area contributed by atoms with E-state index in [0.717, 1.165) is 16.0 Å². The highest BCUT2D eigenvalue weighted by molar-refractivity contribution is 7.99. The van der Waals surface area contributed by atoms with Crippen LogP contribution in [0.15, 0.2) is 64.1 Å². The van der Waals surface area contributed by atoms with Crippen molar-refractivity contribution >= 4 is 51.4 Å². The van der Waals surface area contributed by atoms with Crippen molar-refractivity contribution in [3.63, 3.8) is 0 Å². The van der Waals surface area contributed by atoms with E-state index in [-0.39, 0.29) is 10.9 Å². The van der Waals surface area contributed by atoms with Crippen LogP contribution in [0.3, 0.4) is 0 Å². The van der Waals surface area contributed by atoms with Gasteiger partial charge in [-0.2, -0.15) is 5.10 Å². The Morgan fingerprint density at radius 2 is 2.00 bits per heavy atom. The summed E-state index contributed by atoms with van der Waals surface area (Å²) in [6.45, 7) is 0. The van der Waals surface area contributed by atoms with E-state index < -0.39 is 0 Å². The fourth-order valence-corrected chi connectivity index (χ4v) is 3.92. The number of hydrogen-bond acceptors (Lipinski definition) is 3. The Morgan fingerprint density at radius 3 is 2.71 bits per heavy atom. The molecule has 1 heterocycles. The van der Waals surface area contributed by atoms with Crippen LogP contribution in [0.25, 0.3) is 5.03 Å². The molecule has 1 aliphatic heterocycles. The second-order valence-corrected chi connectivity index (χ2v) is 6.86. The molecule has 24 heavy (non-hydrogen) atoms. The normalized spacial score (nSPS) is 14.3. The lowest BCUT2D eigenvalue weighted by molar-refractivity contribution is 0.626. The van der Waals surface area contributed by atoms with Crippen LogP contribution < -0.4 is 11.2 Å². The van der Waals surface area contributed by atoms with E-state index in [9.17, 15) is 4.39 Å². The number of nitrogens with zero attached hydrogens (tertiary/aromatic N) is 1. The second kappa shape index (κ2) is 7.34. The molecule has 7 heteroatoms. The number of fused-ring (bicyclic) bond motifs is 1. The van der Waals surface area contributed by atoms with Gasteiger partial charge in [0.15, 0.2) is 5.11 Å². The minimum atomic E-state index is -0.326. The van der Waals surface area contributed by atoms with Crippen molar-refractivity contribution in [2.24, 2.45) is 10.8 Å². The smallest absolute Gasteiger partial charge is 0.184 e. The van der Waals surface area contributed by atoms with Crippen molar-refractivity contribution in [1.29, 1.82) is 0 Å². The first-order valence-corrected chi connectivity index (χ1v) is 8.83. The van der Waals surface area contributed by atoms with Crippen molar-refractivity contribution in [2.45, 2.75) is 4.90 Å². The zero-order valence-electron chi connectivity index (χ0n) is 12.4. The zero-order valence-corrected chi connectivity index (χ0v) is 14.8. The van der Waals surface area contributed by atoms with E-state index in [1.54, 1.807) is 17.8 Å². The van der Waals surface area contributed by atoms with Crippen LogP contribution in [0.1, 0.15) is 11.1 Å². The van der Waals surface area contributed by atoms with E-state index >= 15 is 0 Å². The van der Waals surface area contributed by atoms with Crippen LogP contribution in [-0.4, -0.2) is 16.6 Å². The lowest BCUT2D eigenvalue weighted by Crippen LogP contribution is -2.26. The highest BCUT2D eigenvalue weighted by Gasteiger charge is 2.23. The summed E-state index contributed by atoms with van der Waals surface area (Å²) in [6.07, 6.45) is 0. The number of halogens is 2. The molecule has 0 fully saturated rings. The van der Waals surface area contributed by atoms with Crippen LogP contribution in [0.4, 0.5) is 4.39 Å². The molecule has 0 unspecified atom stereocenters. The molecule has 2 aromatic carbocycles. The Kier molecular flexibility index (Phi) is 5.18. The summed E-state index contributed by atoms with van der Waals surface area (Å²) in [6, 6.07) is 14.2. The van der Waals surface area contributed by atoms with Crippen LogP contribution >= 0.6 is 35.6 Å². The minimum absolute atomic E-state index is 0.0649. The first kappa shape index (κ1) is 17.0. The highest BCUT2D eigenvalue weighted by atomic mass is 35.5. The van der Waals surface area contributed by atoms with Gasteiger partial charge in [-0.25, -0.2) is 4.39 Å². The first-order valence-electron chi connectivity index (χ1n) is 7.06. The van der Waals surface area contributed by atoms with E-state index in [1.807, 2.05) is 30.3 Å². The Morgan fingerprint density at radius 1 is 1.25 bits per heavy atom. The summed E-state index contributed by atoms with van der Waals surface area (Å²) in [5.74, 6) is 0.290. The molecule has 0 atom stereocenters. The van der Waals surface area contributed by atoms with Gasteiger partial charge < -0.3 is 5.73 Å². The van der Waals surface area contributed by atoms with E-state index in [1.165, 1.54) is 12.1 Å². The Bertz CT molecular complexity index is 850. The highest BCUT2D eigenvalue weighted by Crippen LogP contribution is 2.40. The number of benzene rings is 2. The van der Waals surface area contributed by atoms with Crippen LogP contribution in [0.2, 0.25) is 0 Å². The quantitative estimate of drug-likeness (QED) is 0.480. The van der Waals surface area contributed by atoms with Crippen molar-refractivity contribution < 1.29 is 4.39 Å². The summed E-state index contributed by atoms with van der Waals surface area (Å²) < 4.78 is 13.6. The van der Waals surface area contributed by atoms with Crippen LogP contribution in [0.5, 0.6) is 0 Å². The largest absolute Gasteiger partial charge is 0.375 e. The summed E-state index contributed by atoms with van der Waals surface area (Å²) in [5, 5.41) is 4.86. The molecule has 0 saturated carbocycles. The molecule has 1 aliphatic rings. The van der Waals surface area contributed by atoms with Crippen LogP contribution in [-0.2, 0) is 0 Å². The van der Waals surface area contributed by atoms with Gasteiger partial charge in [-0.15, -0.1) is 11.8 Å². The van der Waals surface area contributed by atoms with Gasteiger partial charge in [0, 0.05) is 27.3 Å². The Hall–Kier alpha value is -1.89. The summed E-state index contributed by atoms with van der Waals surface area (Å²) in [7, 11) is 0. The lowest BCUT2D eigenvalue weighted by Gasteiger charge is -2.21. The van der Waals surface area contributed by atoms with Crippen molar-refractivity contribution in [1.82, 2.24) is 5.43 Å². The Labute approximate surface area is 153 Å². The molecule has 0 amide bonds. The molecule has 3 rings (SSSR count). The molecule has 0 radical (unpaired) electrons. The number of thiocarbonyl (C=S) groups is 1. The maximum absolute atomic E-state index is 13.6. The standard InChI is InChI=1S/C17H13ClFN3S2/c18-15-12-8-11(19)6-7-14(12)24-9-13(15)16(21-22-17(20)23)10-4-2-1-3-5-10/h1-8H,9H2,(H3,20,22,23). The number of thioether (sulfide) groups is 1. The molecular weight excluding hydrogens is 365 g/mol. The molecule has 3 N–H and O–H groups in total. The minimum Gasteiger partial charge on any atom is -0.375 e. The third-order valence-electron chi connectivity index (χ3n) is 3.43. The summed E-state index contributed by atoms with van der Waals surface area (Å²) in [4.78, 5) is 0.944. The number of hydrogen-bond donors (Lipinski definition) is 2.